The van der Waals surface area contributed by atoms with E-state index < -0.39 is 16.1 Å². The predicted molar refractivity (Wildman–Crippen MR) is 79.7 cm³/mol. The maximum absolute atomic E-state index is 12.2. The molecule has 7 heteroatoms. The standard InChI is InChI=1S/C14H21N3O3S/c1-3-16-8-10-17(11-9-16)14(18)15-21(19,20)13-6-4-12(2)5-7-13/h4-7H,3,8-11H2,1-2H3,(H,15,18)/p+1. The van der Waals surface area contributed by atoms with Crippen LogP contribution < -0.4 is 9.62 Å². The number of hydrogen-bond acceptors (Lipinski definition) is 3. The molecule has 21 heavy (non-hydrogen) atoms. The van der Waals surface area contributed by atoms with Crippen molar-refractivity contribution < 1.29 is 18.1 Å². The number of benzene rings is 1. The van der Waals surface area contributed by atoms with Gasteiger partial charge in [-0.1, -0.05) is 17.7 Å². The molecule has 0 radical (unpaired) electrons. The fourth-order valence-electron chi connectivity index (χ4n) is 2.34. The van der Waals surface area contributed by atoms with Crippen LogP contribution >= 0.6 is 0 Å². The summed E-state index contributed by atoms with van der Waals surface area (Å²) >= 11 is 0. The van der Waals surface area contributed by atoms with Crippen molar-refractivity contribution in [2.75, 3.05) is 32.7 Å². The Morgan fingerprint density at radius 3 is 2.33 bits per heavy atom. The Balaban J connectivity index is 2.00. The number of carbonyl (C=O) groups excluding carboxylic acids is 1. The highest BCUT2D eigenvalue weighted by atomic mass is 32.2. The van der Waals surface area contributed by atoms with Crippen LogP contribution in [0.15, 0.2) is 29.2 Å². The van der Waals surface area contributed by atoms with Gasteiger partial charge in [-0.15, -0.1) is 0 Å². The van der Waals surface area contributed by atoms with Gasteiger partial charge in [-0.25, -0.2) is 17.9 Å². The topological polar surface area (TPSA) is 70.9 Å². The van der Waals surface area contributed by atoms with E-state index in [0.717, 1.165) is 25.2 Å². The van der Waals surface area contributed by atoms with Gasteiger partial charge in [0.2, 0.25) is 0 Å². The van der Waals surface area contributed by atoms with Crippen LogP contribution in [-0.2, 0) is 10.0 Å². The van der Waals surface area contributed by atoms with Crippen molar-refractivity contribution in [2.45, 2.75) is 18.7 Å². The third-order valence-electron chi connectivity index (χ3n) is 3.81. The molecular formula is C14H22N3O3S+. The second kappa shape index (κ2) is 6.44. The second-order valence-electron chi connectivity index (χ2n) is 5.31. The summed E-state index contributed by atoms with van der Waals surface area (Å²) < 4.78 is 26.5. The molecule has 1 saturated heterocycles. The average Bonchev–Trinajstić information content (AvgIpc) is 2.47. The summed E-state index contributed by atoms with van der Waals surface area (Å²) in [5.41, 5.74) is 0.971. The van der Waals surface area contributed by atoms with Crippen LogP contribution in [0.4, 0.5) is 4.79 Å². The van der Waals surface area contributed by atoms with Gasteiger partial charge in [0.15, 0.2) is 0 Å². The number of aryl methyl sites for hydroxylation is 1. The minimum absolute atomic E-state index is 0.110. The van der Waals surface area contributed by atoms with E-state index in [1.807, 2.05) is 6.92 Å². The largest absolute Gasteiger partial charge is 0.332 e. The lowest BCUT2D eigenvalue weighted by Crippen LogP contribution is -3.14. The molecular weight excluding hydrogens is 290 g/mol. The molecule has 1 aromatic rings. The molecule has 1 aromatic carbocycles. The molecule has 1 heterocycles. The van der Waals surface area contributed by atoms with Gasteiger partial charge in [0.25, 0.3) is 10.0 Å². The van der Waals surface area contributed by atoms with Gasteiger partial charge in [0.1, 0.15) is 0 Å². The molecule has 1 aliphatic heterocycles. The monoisotopic (exact) mass is 312 g/mol. The van der Waals surface area contributed by atoms with Gasteiger partial charge in [-0.05, 0) is 26.0 Å². The van der Waals surface area contributed by atoms with E-state index in [-0.39, 0.29) is 4.90 Å². The first-order chi connectivity index (χ1) is 9.92. The number of amides is 2. The molecule has 1 aliphatic rings. The molecule has 0 bridgehead atoms. The van der Waals surface area contributed by atoms with Gasteiger partial charge >= 0.3 is 6.03 Å². The molecule has 0 aromatic heterocycles. The van der Waals surface area contributed by atoms with Crippen molar-refractivity contribution in [2.24, 2.45) is 0 Å². The van der Waals surface area contributed by atoms with Crippen LogP contribution in [0.25, 0.3) is 0 Å². The Hall–Kier alpha value is -1.60. The maximum Gasteiger partial charge on any atom is 0.331 e. The van der Waals surface area contributed by atoms with Crippen LogP contribution in [0.1, 0.15) is 12.5 Å². The summed E-state index contributed by atoms with van der Waals surface area (Å²) in [4.78, 5) is 15.2. The summed E-state index contributed by atoms with van der Waals surface area (Å²) in [6.07, 6.45) is 0. The number of rotatable bonds is 3. The Labute approximate surface area is 125 Å². The van der Waals surface area contributed by atoms with Crippen LogP contribution in [-0.4, -0.2) is 52.1 Å². The first-order valence-corrected chi connectivity index (χ1v) is 8.62. The van der Waals surface area contributed by atoms with E-state index in [1.165, 1.54) is 17.0 Å². The molecule has 6 nitrogen and oxygen atoms in total. The van der Waals surface area contributed by atoms with Crippen molar-refractivity contribution >= 4 is 16.1 Å². The lowest BCUT2D eigenvalue weighted by Gasteiger charge is -2.31. The van der Waals surface area contributed by atoms with Crippen LogP contribution in [0, 0.1) is 6.92 Å². The fourth-order valence-corrected chi connectivity index (χ4v) is 3.31. The summed E-state index contributed by atoms with van der Waals surface area (Å²) in [7, 11) is -3.79. The highest BCUT2D eigenvalue weighted by molar-refractivity contribution is 7.90. The van der Waals surface area contributed by atoms with Gasteiger partial charge in [0.05, 0.1) is 37.6 Å². The van der Waals surface area contributed by atoms with Crippen molar-refractivity contribution in [3.63, 3.8) is 0 Å². The maximum atomic E-state index is 12.2. The van der Waals surface area contributed by atoms with Crippen molar-refractivity contribution in [3.8, 4) is 0 Å². The summed E-state index contributed by atoms with van der Waals surface area (Å²) in [6.45, 7) is 7.88. The minimum Gasteiger partial charge on any atom is -0.332 e. The van der Waals surface area contributed by atoms with E-state index >= 15 is 0 Å². The SMILES string of the molecule is CC[NH+]1CCN(C(=O)NS(=O)(=O)c2ccc(C)cc2)CC1. The van der Waals surface area contributed by atoms with E-state index in [4.69, 9.17) is 0 Å². The third kappa shape index (κ3) is 3.95. The molecule has 0 spiro atoms. The van der Waals surface area contributed by atoms with E-state index in [0.29, 0.717) is 13.1 Å². The summed E-state index contributed by atoms with van der Waals surface area (Å²) in [5.74, 6) is 0. The van der Waals surface area contributed by atoms with Gasteiger partial charge in [-0.2, -0.15) is 0 Å². The molecule has 2 amide bonds. The lowest BCUT2D eigenvalue weighted by molar-refractivity contribution is -0.902. The number of likely N-dealkylation sites (N-methyl/N-ethyl adjacent to an activating group) is 1. The first-order valence-electron chi connectivity index (χ1n) is 7.14. The average molecular weight is 312 g/mol. The highest BCUT2D eigenvalue weighted by Crippen LogP contribution is 2.10. The number of nitrogens with zero attached hydrogens (tertiary/aromatic N) is 1. The number of quaternary nitrogens is 1. The minimum atomic E-state index is -3.79. The van der Waals surface area contributed by atoms with Gasteiger partial charge < -0.3 is 9.80 Å². The van der Waals surface area contributed by atoms with Gasteiger partial charge in [-0.3, -0.25) is 0 Å². The Bertz CT molecular complexity index is 590. The Morgan fingerprint density at radius 1 is 1.24 bits per heavy atom. The summed E-state index contributed by atoms with van der Waals surface area (Å²) in [5, 5.41) is 0. The molecule has 1 fully saturated rings. The van der Waals surface area contributed by atoms with Crippen LogP contribution in [0.3, 0.4) is 0 Å². The van der Waals surface area contributed by atoms with Crippen molar-refractivity contribution in [1.29, 1.82) is 0 Å². The zero-order valence-corrected chi connectivity index (χ0v) is 13.2. The second-order valence-corrected chi connectivity index (χ2v) is 7.00. The highest BCUT2D eigenvalue weighted by Gasteiger charge is 2.26. The molecule has 116 valence electrons. The van der Waals surface area contributed by atoms with Gasteiger partial charge in [0, 0.05) is 0 Å². The van der Waals surface area contributed by atoms with E-state index in [9.17, 15) is 13.2 Å². The number of urea groups is 1. The number of hydrogen-bond donors (Lipinski definition) is 2. The van der Waals surface area contributed by atoms with E-state index in [2.05, 4.69) is 11.6 Å². The lowest BCUT2D eigenvalue weighted by atomic mass is 10.2. The molecule has 0 saturated carbocycles. The Morgan fingerprint density at radius 2 is 1.81 bits per heavy atom. The van der Waals surface area contributed by atoms with E-state index in [1.54, 1.807) is 17.0 Å². The third-order valence-corrected chi connectivity index (χ3v) is 5.15. The first kappa shape index (κ1) is 15.8. The zero-order chi connectivity index (χ0) is 15.5. The molecule has 2 N–H and O–H groups in total. The fraction of sp³-hybridized carbons (Fsp3) is 0.500. The summed E-state index contributed by atoms with van der Waals surface area (Å²) in [6, 6.07) is 5.89. The quantitative estimate of drug-likeness (QED) is 0.799. The Kier molecular flexibility index (Phi) is 4.84. The number of carbonyl (C=O) groups is 1. The molecule has 0 atom stereocenters. The number of piperazine rings is 1. The molecule has 2 rings (SSSR count). The van der Waals surface area contributed by atoms with Crippen LogP contribution in [0.2, 0.25) is 0 Å². The number of nitrogens with one attached hydrogen (secondary N) is 2. The smallest absolute Gasteiger partial charge is 0.331 e. The van der Waals surface area contributed by atoms with Crippen molar-refractivity contribution in [1.82, 2.24) is 9.62 Å². The zero-order valence-electron chi connectivity index (χ0n) is 12.4. The van der Waals surface area contributed by atoms with Crippen molar-refractivity contribution in [3.05, 3.63) is 29.8 Å². The number of sulfonamides is 1. The molecule has 0 aliphatic carbocycles. The predicted octanol–water partition coefficient (Wildman–Crippen LogP) is -0.386. The molecule has 0 unspecified atom stereocenters. The normalized spacial score (nSPS) is 16.8. The van der Waals surface area contributed by atoms with Crippen LogP contribution in [0.5, 0.6) is 0 Å².